The van der Waals surface area contributed by atoms with Crippen LogP contribution in [0.1, 0.15) is 19.8 Å². The average Bonchev–Trinajstić information content (AvgIpc) is 2.91. The molecule has 2 atom stereocenters. The molecule has 20 heavy (non-hydrogen) atoms. The van der Waals surface area contributed by atoms with Crippen molar-refractivity contribution in [1.82, 2.24) is 15.1 Å². The molecule has 4 nitrogen and oxygen atoms in total. The summed E-state index contributed by atoms with van der Waals surface area (Å²) in [5.41, 5.74) is 0. The van der Waals surface area contributed by atoms with Gasteiger partial charge in [-0.2, -0.15) is 0 Å². The van der Waals surface area contributed by atoms with E-state index < -0.39 is 5.00 Å². The predicted octanol–water partition coefficient (Wildman–Crippen LogP) is 1.58. The number of carbonyl (C=O) groups excluding carboxylic acids is 1. The third kappa shape index (κ3) is 3.62. The molecule has 5 heteroatoms. The number of nitrogens with one attached hydrogen (secondary N) is 1. The Morgan fingerprint density at radius 3 is 2.80 bits per heavy atom. The summed E-state index contributed by atoms with van der Waals surface area (Å²) in [6.07, 6.45) is 10.4. The first-order valence-electron chi connectivity index (χ1n) is 7.28. The van der Waals surface area contributed by atoms with Crippen LogP contribution in [0.25, 0.3) is 0 Å². The van der Waals surface area contributed by atoms with E-state index in [0.717, 1.165) is 13.1 Å². The number of likely N-dealkylation sites (N-methyl/N-ethyl adjacent to an activating group) is 1. The average molecular weight is 298 g/mol. The number of rotatable bonds is 5. The molecule has 0 saturated carbocycles. The molecule has 0 spiro atoms. The van der Waals surface area contributed by atoms with Gasteiger partial charge in [0.1, 0.15) is 5.00 Å². The molecule has 1 N–H and O–H groups in total. The highest BCUT2D eigenvalue weighted by Crippen LogP contribution is 2.29. The lowest BCUT2D eigenvalue weighted by atomic mass is 10.0. The molecule has 0 aromatic rings. The van der Waals surface area contributed by atoms with Crippen molar-refractivity contribution in [2.75, 3.05) is 33.2 Å². The lowest BCUT2D eigenvalue weighted by Crippen LogP contribution is -2.57. The maximum atomic E-state index is 11.3. The molecular weight excluding hydrogens is 274 g/mol. The van der Waals surface area contributed by atoms with E-state index in [4.69, 9.17) is 11.6 Å². The van der Waals surface area contributed by atoms with Crippen molar-refractivity contribution in [3.63, 3.8) is 0 Å². The summed E-state index contributed by atoms with van der Waals surface area (Å²) in [5.74, 6) is -0.0621. The van der Waals surface area contributed by atoms with E-state index in [9.17, 15) is 4.79 Å². The molecule has 0 bridgehead atoms. The van der Waals surface area contributed by atoms with Crippen molar-refractivity contribution in [2.45, 2.75) is 30.8 Å². The zero-order valence-corrected chi connectivity index (χ0v) is 13.1. The van der Waals surface area contributed by atoms with Crippen molar-refractivity contribution in [3.8, 4) is 0 Å². The highest BCUT2D eigenvalue weighted by molar-refractivity contribution is 6.26. The molecule has 1 aliphatic heterocycles. The van der Waals surface area contributed by atoms with Gasteiger partial charge in [0.15, 0.2) is 0 Å². The molecule has 1 aliphatic carbocycles. The Balaban J connectivity index is 1.96. The molecule has 2 unspecified atom stereocenters. The van der Waals surface area contributed by atoms with E-state index in [0.29, 0.717) is 0 Å². The summed E-state index contributed by atoms with van der Waals surface area (Å²) < 4.78 is 0. The van der Waals surface area contributed by atoms with Gasteiger partial charge in [0, 0.05) is 20.0 Å². The summed E-state index contributed by atoms with van der Waals surface area (Å²) in [7, 11) is 2.02. The SMILES string of the molecule is CC(=O)NC1C=CC=CC1(Cl)N(C)CCN1CCCC1. The van der Waals surface area contributed by atoms with Crippen LogP contribution >= 0.6 is 11.6 Å². The molecule has 2 aliphatic rings. The molecule has 1 heterocycles. The van der Waals surface area contributed by atoms with Crippen LogP contribution in [0.15, 0.2) is 24.3 Å². The van der Waals surface area contributed by atoms with Gasteiger partial charge in [-0.25, -0.2) is 0 Å². The van der Waals surface area contributed by atoms with E-state index in [2.05, 4.69) is 15.1 Å². The molecule has 1 amide bonds. The second kappa shape index (κ2) is 6.74. The lowest BCUT2D eigenvalue weighted by molar-refractivity contribution is -0.119. The minimum atomic E-state index is -0.680. The van der Waals surface area contributed by atoms with Crippen LogP contribution < -0.4 is 5.32 Å². The zero-order valence-electron chi connectivity index (χ0n) is 12.3. The molecular formula is C15H24ClN3O. The van der Waals surface area contributed by atoms with Crippen LogP contribution in [0.3, 0.4) is 0 Å². The van der Waals surface area contributed by atoms with Crippen molar-refractivity contribution in [2.24, 2.45) is 0 Å². The monoisotopic (exact) mass is 297 g/mol. The summed E-state index contributed by atoms with van der Waals surface area (Å²) in [6.45, 7) is 5.81. The van der Waals surface area contributed by atoms with E-state index in [1.807, 2.05) is 31.4 Å². The number of likely N-dealkylation sites (tertiary alicyclic amines) is 1. The zero-order chi connectivity index (χ0) is 14.6. The Morgan fingerprint density at radius 2 is 2.15 bits per heavy atom. The largest absolute Gasteiger partial charge is 0.347 e. The van der Waals surface area contributed by atoms with Gasteiger partial charge < -0.3 is 10.2 Å². The van der Waals surface area contributed by atoms with Gasteiger partial charge in [0.2, 0.25) is 5.91 Å². The van der Waals surface area contributed by atoms with E-state index in [1.165, 1.54) is 32.9 Å². The van der Waals surface area contributed by atoms with Gasteiger partial charge in [0.05, 0.1) is 6.04 Å². The summed E-state index contributed by atoms with van der Waals surface area (Å²) in [4.78, 5) is 15.2. The van der Waals surface area contributed by atoms with Crippen molar-refractivity contribution >= 4 is 17.5 Å². The number of alkyl halides is 1. The van der Waals surface area contributed by atoms with Gasteiger partial charge in [-0.3, -0.25) is 9.69 Å². The highest BCUT2D eigenvalue weighted by Gasteiger charge is 2.38. The van der Waals surface area contributed by atoms with Gasteiger partial charge in [0.25, 0.3) is 0 Å². The highest BCUT2D eigenvalue weighted by atomic mass is 35.5. The van der Waals surface area contributed by atoms with Crippen LogP contribution in [0.2, 0.25) is 0 Å². The first kappa shape index (κ1) is 15.5. The van der Waals surface area contributed by atoms with Crippen LogP contribution in [0, 0.1) is 0 Å². The molecule has 2 rings (SSSR count). The number of carbonyl (C=O) groups is 1. The fourth-order valence-corrected chi connectivity index (χ4v) is 3.09. The van der Waals surface area contributed by atoms with Gasteiger partial charge >= 0.3 is 0 Å². The maximum absolute atomic E-state index is 11.3. The summed E-state index contributed by atoms with van der Waals surface area (Å²) in [5, 5.41) is 2.92. The molecule has 1 fully saturated rings. The minimum Gasteiger partial charge on any atom is -0.347 e. The molecule has 0 radical (unpaired) electrons. The number of nitrogens with zero attached hydrogens (tertiary/aromatic N) is 2. The first-order valence-corrected chi connectivity index (χ1v) is 7.66. The number of allylic oxidation sites excluding steroid dienone is 2. The predicted molar refractivity (Wildman–Crippen MR) is 82.8 cm³/mol. The Hall–Kier alpha value is -0.840. The Morgan fingerprint density at radius 1 is 1.45 bits per heavy atom. The van der Waals surface area contributed by atoms with Gasteiger partial charge in [-0.05, 0) is 39.1 Å². The van der Waals surface area contributed by atoms with Crippen LogP contribution in [0.5, 0.6) is 0 Å². The number of hydrogen-bond acceptors (Lipinski definition) is 3. The Kier molecular flexibility index (Phi) is 5.24. The van der Waals surface area contributed by atoms with Gasteiger partial charge in [-0.1, -0.05) is 29.8 Å². The van der Waals surface area contributed by atoms with Gasteiger partial charge in [-0.15, -0.1) is 0 Å². The van der Waals surface area contributed by atoms with Crippen LogP contribution in [-0.2, 0) is 4.79 Å². The first-order chi connectivity index (χ1) is 9.52. The van der Waals surface area contributed by atoms with E-state index in [-0.39, 0.29) is 11.9 Å². The minimum absolute atomic E-state index is 0.0621. The number of halogens is 1. The van der Waals surface area contributed by atoms with Crippen molar-refractivity contribution < 1.29 is 4.79 Å². The maximum Gasteiger partial charge on any atom is 0.217 e. The fraction of sp³-hybridized carbons (Fsp3) is 0.667. The molecule has 0 aromatic heterocycles. The van der Waals surface area contributed by atoms with Crippen molar-refractivity contribution in [1.29, 1.82) is 0 Å². The number of amides is 1. The normalized spacial score (nSPS) is 30.1. The van der Waals surface area contributed by atoms with Crippen LogP contribution in [-0.4, -0.2) is 60.0 Å². The quantitative estimate of drug-likeness (QED) is 0.618. The fourth-order valence-electron chi connectivity index (χ4n) is 2.81. The second-order valence-corrected chi connectivity index (χ2v) is 6.23. The molecule has 112 valence electrons. The lowest BCUT2D eigenvalue weighted by Gasteiger charge is -2.41. The third-order valence-electron chi connectivity index (χ3n) is 4.07. The third-order valence-corrected chi connectivity index (χ3v) is 4.72. The molecule has 1 saturated heterocycles. The summed E-state index contributed by atoms with van der Waals surface area (Å²) in [6, 6.07) is -0.199. The smallest absolute Gasteiger partial charge is 0.217 e. The number of hydrogen-bond donors (Lipinski definition) is 1. The summed E-state index contributed by atoms with van der Waals surface area (Å²) >= 11 is 6.78. The van der Waals surface area contributed by atoms with Crippen molar-refractivity contribution in [3.05, 3.63) is 24.3 Å². The Bertz CT molecular complexity index is 404. The second-order valence-electron chi connectivity index (χ2n) is 5.62. The van der Waals surface area contributed by atoms with E-state index >= 15 is 0 Å². The molecule has 0 aromatic carbocycles. The van der Waals surface area contributed by atoms with E-state index in [1.54, 1.807) is 0 Å². The topological polar surface area (TPSA) is 35.6 Å². The van der Waals surface area contributed by atoms with Crippen LogP contribution in [0.4, 0.5) is 0 Å². The standard InChI is InChI=1S/C15H24ClN3O/c1-13(20)17-14-7-3-4-8-15(14,16)18(2)11-12-19-9-5-6-10-19/h3-4,7-8,14H,5-6,9-12H2,1-2H3,(H,17,20). The Labute approximate surface area is 126 Å².